The minimum Gasteiger partial charge on any atom is -0.369 e. The second-order valence-corrected chi connectivity index (χ2v) is 5.43. The quantitative estimate of drug-likeness (QED) is 0.695. The van der Waals surface area contributed by atoms with Crippen LogP contribution in [0.1, 0.15) is 26.7 Å². The summed E-state index contributed by atoms with van der Waals surface area (Å²) in [5.74, 6) is 1.75. The SMILES string of the molecule is CC(C)(CN)CNc1cc(NC2CC2)ncn1. The van der Waals surface area contributed by atoms with E-state index in [2.05, 4.69) is 34.4 Å². The molecule has 0 radical (unpaired) electrons. The molecule has 0 bridgehead atoms. The molecule has 0 atom stereocenters. The number of nitrogens with one attached hydrogen (secondary N) is 2. The summed E-state index contributed by atoms with van der Waals surface area (Å²) in [6, 6.07) is 2.56. The summed E-state index contributed by atoms with van der Waals surface area (Å²) in [5, 5.41) is 6.65. The summed E-state index contributed by atoms with van der Waals surface area (Å²) >= 11 is 0. The lowest BCUT2D eigenvalue weighted by Crippen LogP contribution is -2.31. The van der Waals surface area contributed by atoms with Crippen LogP contribution in [0.2, 0.25) is 0 Å². The van der Waals surface area contributed by atoms with E-state index in [1.807, 2.05) is 6.07 Å². The molecule has 0 amide bonds. The van der Waals surface area contributed by atoms with Gasteiger partial charge in [-0.05, 0) is 24.8 Å². The molecule has 94 valence electrons. The predicted octanol–water partition coefficient (Wildman–Crippen LogP) is 1.45. The highest BCUT2D eigenvalue weighted by Gasteiger charge is 2.21. The second kappa shape index (κ2) is 4.87. The highest BCUT2D eigenvalue weighted by molar-refractivity contribution is 5.47. The van der Waals surface area contributed by atoms with Crippen molar-refractivity contribution in [2.24, 2.45) is 11.1 Å². The first kappa shape index (κ1) is 12.1. The third kappa shape index (κ3) is 3.85. The van der Waals surface area contributed by atoms with Gasteiger partial charge in [-0.25, -0.2) is 9.97 Å². The summed E-state index contributed by atoms with van der Waals surface area (Å²) < 4.78 is 0. The fourth-order valence-corrected chi connectivity index (χ4v) is 1.37. The van der Waals surface area contributed by atoms with Crippen molar-refractivity contribution in [2.75, 3.05) is 23.7 Å². The van der Waals surface area contributed by atoms with Gasteiger partial charge in [0, 0.05) is 18.7 Å². The lowest BCUT2D eigenvalue weighted by Gasteiger charge is -2.22. The van der Waals surface area contributed by atoms with Gasteiger partial charge >= 0.3 is 0 Å². The Morgan fingerprint density at radius 2 is 2.06 bits per heavy atom. The average Bonchev–Trinajstić information content (AvgIpc) is 3.11. The molecule has 0 unspecified atom stereocenters. The highest BCUT2D eigenvalue weighted by Crippen LogP contribution is 2.24. The van der Waals surface area contributed by atoms with Gasteiger partial charge in [-0.1, -0.05) is 13.8 Å². The molecule has 1 aliphatic rings. The van der Waals surface area contributed by atoms with Gasteiger partial charge in [0.1, 0.15) is 18.0 Å². The zero-order chi connectivity index (χ0) is 12.3. The number of hydrogen-bond donors (Lipinski definition) is 3. The van der Waals surface area contributed by atoms with Crippen molar-refractivity contribution in [3.63, 3.8) is 0 Å². The maximum absolute atomic E-state index is 5.69. The molecule has 1 heterocycles. The van der Waals surface area contributed by atoms with Crippen LogP contribution in [-0.2, 0) is 0 Å². The third-order valence-electron chi connectivity index (χ3n) is 2.90. The Balaban J connectivity index is 1.91. The van der Waals surface area contributed by atoms with E-state index in [4.69, 9.17) is 5.73 Å². The van der Waals surface area contributed by atoms with Gasteiger partial charge in [-0.3, -0.25) is 0 Å². The summed E-state index contributed by atoms with van der Waals surface area (Å²) in [7, 11) is 0. The van der Waals surface area contributed by atoms with Gasteiger partial charge in [0.2, 0.25) is 0 Å². The molecule has 0 aliphatic heterocycles. The number of nitrogens with two attached hydrogens (primary N) is 1. The van der Waals surface area contributed by atoms with E-state index >= 15 is 0 Å². The van der Waals surface area contributed by atoms with Crippen molar-refractivity contribution in [2.45, 2.75) is 32.7 Å². The molecule has 1 aliphatic carbocycles. The first-order valence-electron chi connectivity index (χ1n) is 6.12. The standard InChI is InChI=1S/C12H21N5/c1-12(2,6-13)7-14-10-5-11(16-8-15-10)17-9-3-4-9/h5,8-9H,3-4,6-7,13H2,1-2H3,(H2,14,15,16,17). The molecule has 1 fully saturated rings. The fraction of sp³-hybridized carbons (Fsp3) is 0.667. The Kier molecular flexibility index (Phi) is 3.47. The summed E-state index contributed by atoms with van der Waals surface area (Å²) in [6.45, 7) is 5.72. The largest absolute Gasteiger partial charge is 0.369 e. The van der Waals surface area contributed by atoms with Crippen molar-refractivity contribution in [1.29, 1.82) is 0 Å². The van der Waals surface area contributed by atoms with Crippen molar-refractivity contribution in [3.8, 4) is 0 Å². The molecule has 1 saturated carbocycles. The smallest absolute Gasteiger partial charge is 0.131 e. The normalized spacial score (nSPS) is 15.7. The molecular formula is C12H21N5. The Morgan fingerprint density at radius 3 is 2.71 bits per heavy atom. The Hall–Kier alpha value is -1.36. The van der Waals surface area contributed by atoms with E-state index in [0.717, 1.165) is 18.2 Å². The van der Waals surface area contributed by atoms with Crippen LogP contribution in [0, 0.1) is 5.41 Å². The molecule has 0 spiro atoms. The molecule has 5 nitrogen and oxygen atoms in total. The highest BCUT2D eigenvalue weighted by atomic mass is 15.1. The number of nitrogens with zero attached hydrogens (tertiary/aromatic N) is 2. The topological polar surface area (TPSA) is 75.9 Å². The monoisotopic (exact) mass is 235 g/mol. The molecule has 1 aromatic heterocycles. The molecule has 4 N–H and O–H groups in total. The fourth-order valence-electron chi connectivity index (χ4n) is 1.37. The van der Waals surface area contributed by atoms with Crippen LogP contribution in [0.15, 0.2) is 12.4 Å². The third-order valence-corrected chi connectivity index (χ3v) is 2.90. The second-order valence-electron chi connectivity index (χ2n) is 5.43. The first-order chi connectivity index (χ1) is 8.09. The van der Waals surface area contributed by atoms with Crippen LogP contribution in [0.25, 0.3) is 0 Å². The average molecular weight is 235 g/mol. The first-order valence-corrected chi connectivity index (χ1v) is 6.12. The van der Waals surface area contributed by atoms with Gasteiger partial charge in [-0.15, -0.1) is 0 Å². The van der Waals surface area contributed by atoms with Gasteiger partial charge in [0.25, 0.3) is 0 Å². The van der Waals surface area contributed by atoms with Crippen LogP contribution in [0.3, 0.4) is 0 Å². The Bertz CT molecular complexity index is 373. The van der Waals surface area contributed by atoms with E-state index in [0.29, 0.717) is 12.6 Å². The van der Waals surface area contributed by atoms with Crippen molar-refractivity contribution >= 4 is 11.6 Å². The number of rotatable bonds is 6. The number of anilines is 2. The van der Waals surface area contributed by atoms with Crippen LogP contribution in [0.5, 0.6) is 0 Å². The van der Waals surface area contributed by atoms with Gasteiger partial charge in [0.15, 0.2) is 0 Å². The molecular weight excluding hydrogens is 214 g/mol. The molecule has 17 heavy (non-hydrogen) atoms. The van der Waals surface area contributed by atoms with Crippen molar-refractivity contribution in [1.82, 2.24) is 9.97 Å². The molecule has 0 saturated heterocycles. The summed E-state index contributed by atoms with van der Waals surface area (Å²) in [5.41, 5.74) is 5.77. The van der Waals surface area contributed by atoms with Crippen LogP contribution < -0.4 is 16.4 Å². The van der Waals surface area contributed by atoms with E-state index in [9.17, 15) is 0 Å². The van der Waals surface area contributed by atoms with Crippen LogP contribution in [-0.4, -0.2) is 29.1 Å². The van der Waals surface area contributed by atoms with Crippen molar-refractivity contribution < 1.29 is 0 Å². The Labute approximate surface area is 102 Å². The maximum Gasteiger partial charge on any atom is 0.131 e. The van der Waals surface area contributed by atoms with E-state index in [1.165, 1.54) is 12.8 Å². The minimum absolute atomic E-state index is 0.0784. The Morgan fingerprint density at radius 1 is 1.35 bits per heavy atom. The van der Waals surface area contributed by atoms with Crippen molar-refractivity contribution in [3.05, 3.63) is 12.4 Å². The molecule has 0 aromatic carbocycles. The molecule has 5 heteroatoms. The van der Waals surface area contributed by atoms with Gasteiger partial charge in [-0.2, -0.15) is 0 Å². The number of hydrogen-bond acceptors (Lipinski definition) is 5. The maximum atomic E-state index is 5.69. The molecule has 1 aromatic rings. The lowest BCUT2D eigenvalue weighted by atomic mass is 9.94. The zero-order valence-electron chi connectivity index (χ0n) is 10.5. The van der Waals surface area contributed by atoms with Crippen LogP contribution >= 0.6 is 0 Å². The van der Waals surface area contributed by atoms with Gasteiger partial charge < -0.3 is 16.4 Å². The predicted molar refractivity (Wildman–Crippen MR) is 70.0 cm³/mol. The summed E-state index contributed by atoms with van der Waals surface area (Å²) in [6.07, 6.45) is 4.07. The minimum atomic E-state index is 0.0784. The van der Waals surface area contributed by atoms with Gasteiger partial charge in [0.05, 0.1) is 0 Å². The van der Waals surface area contributed by atoms with Crippen LogP contribution in [0.4, 0.5) is 11.6 Å². The molecule has 2 rings (SSSR count). The van der Waals surface area contributed by atoms with E-state index in [1.54, 1.807) is 6.33 Å². The zero-order valence-corrected chi connectivity index (χ0v) is 10.5. The lowest BCUT2D eigenvalue weighted by molar-refractivity contribution is 0.405. The van der Waals surface area contributed by atoms with E-state index < -0.39 is 0 Å². The van der Waals surface area contributed by atoms with E-state index in [-0.39, 0.29) is 5.41 Å². The summed E-state index contributed by atoms with van der Waals surface area (Å²) in [4.78, 5) is 8.40. The number of aromatic nitrogens is 2.